The van der Waals surface area contributed by atoms with E-state index in [2.05, 4.69) is 15.2 Å². The molecular weight excluding hydrogens is 278 g/mol. The lowest BCUT2D eigenvalue weighted by Gasteiger charge is -2.34. The molecule has 0 unspecified atom stereocenters. The van der Waals surface area contributed by atoms with Crippen LogP contribution >= 0.6 is 0 Å². The van der Waals surface area contributed by atoms with E-state index in [-0.39, 0.29) is 12.5 Å². The number of aromatic nitrogens is 1. The van der Waals surface area contributed by atoms with Gasteiger partial charge in [-0.1, -0.05) is 12.1 Å². The number of hydrogen-bond acceptors (Lipinski definition) is 3. The summed E-state index contributed by atoms with van der Waals surface area (Å²) in [7, 11) is 0. The molecule has 0 bridgehead atoms. The first-order chi connectivity index (χ1) is 10.8. The van der Waals surface area contributed by atoms with Crippen molar-refractivity contribution in [2.24, 2.45) is 5.92 Å². The van der Waals surface area contributed by atoms with E-state index in [0.717, 1.165) is 37.3 Å². The predicted molar refractivity (Wildman–Crippen MR) is 87.2 cm³/mol. The first-order valence-electron chi connectivity index (χ1n) is 7.67. The first-order valence-corrected chi connectivity index (χ1v) is 7.67. The molecule has 1 aromatic carbocycles. The molecule has 1 fully saturated rings. The SMILES string of the molecule is O=C(Nc1ccccc1N1CCC(CO)CC1)c1ccc[nH]1. The van der Waals surface area contributed by atoms with Crippen molar-refractivity contribution in [2.75, 3.05) is 29.9 Å². The van der Waals surface area contributed by atoms with Crippen LogP contribution in [-0.4, -0.2) is 35.7 Å². The van der Waals surface area contributed by atoms with Crippen molar-refractivity contribution in [1.29, 1.82) is 0 Å². The van der Waals surface area contributed by atoms with E-state index in [1.807, 2.05) is 24.3 Å². The largest absolute Gasteiger partial charge is 0.396 e. The Bertz CT molecular complexity index is 617. The van der Waals surface area contributed by atoms with Gasteiger partial charge in [-0.2, -0.15) is 0 Å². The molecule has 2 heterocycles. The molecule has 0 spiro atoms. The van der Waals surface area contributed by atoms with E-state index in [0.29, 0.717) is 11.6 Å². The molecule has 1 saturated heterocycles. The van der Waals surface area contributed by atoms with Gasteiger partial charge in [0.25, 0.3) is 5.91 Å². The zero-order valence-corrected chi connectivity index (χ0v) is 12.5. The van der Waals surface area contributed by atoms with Crippen LogP contribution in [0.15, 0.2) is 42.6 Å². The Kier molecular flexibility index (Phi) is 4.44. The quantitative estimate of drug-likeness (QED) is 0.812. The van der Waals surface area contributed by atoms with Crippen LogP contribution in [-0.2, 0) is 0 Å². The molecule has 0 atom stereocenters. The Hall–Kier alpha value is -2.27. The number of aliphatic hydroxyl groups is 1. The molecule has 0 saturated carbocycles. The number of para-hydroxylation sites is 2. The van der Waals surface area contributed by atoms with Crippen molar-refractivity contribution in [1.82, 2.24) is 4.98 Å². The molecule has 1 aromatic heterocycles. The highest BCUT2D eigenvalue weighted by molar-refractivity contribution is 6.04. The summed E-state index contributed by atoms with van der Waals surface area (Å²) in [5.41, 5.74) is 2.41. The van der Waals surface area contributed by atoms with Crippen LogP contribution in [0.1, 0.15) is 23.3 Å². The maximum Gasteiger partial charge on any atom is 0.272 e. The minimum Gasteiger partial charge on any atom is -0.396 e. The zero-order chi connectivity index (χ0) is 15.4. The summed E-state index contributed by atoms with van der Waals surface area (Å²) >= 11 is 0. The van der Waals surface area contributed by atoms with Gasteiger partial charge >= 0.3 is 0 Å². The Labute approximate surface area is 130 Å². The van der Waals surface area contributed by atoms with Gasteiger partial charge in [-0.05, 0) is 43.0 Å². The second-order valence-electron chi connectivity index (χ2n) is 5.67. The fourth-order valence-electron chi connectivity index (χ4n) is 2.87. The van der Waals surface area contributed by atoms with Crippen molar-refractivity contribution < 1.29 is 9.90 Å². The van der Waals surface area contributed by atoms with E-state index in [1.165, 1.54) is 0 Å². The molecule has 116 valence electrons. The molecule has 0 aliphatic carbocycles. The summed E-state index contributed by atoms with van der Waals surface area (Å²) in [6.45, 7) is 2.07. The third-order valence-electron chi connectivity index (χ3n) is 4.21. The number of nitrogens with one attached hydrogen (secondary N) is 2. The summed E-state index contributed by atoms with van der Waals surface area (Å²) < 4.78 is 0. The summed E-state index contributed by atoms with van der Waals surface area (Å²) in [4.78, 5) is 17.4. The summed E-state index contributed by atoms with van der Waals surface area (Å²) in [5, 5.41) is 12.2. The van der Waals surface area contributed by atoms with E-state index in [4.69, 9.17) is 0 Å². The number of amides is 1. The molecule has 2 aromatic rings. The highest BCUT2D eigenvalue weighted by atomic mass is 16.3. The van der Waals surface area contributed by atoms with Crippen LogP contribution in [0.25, 0.3) is 0 Å². The van der Waals surface area contributed by atoms with Gasteiger partial charge in [0.05, 0.1) is 11.4 Å². The van der Waals surface area contributed by atoms with Gasteiger partial charge < -0.3 is 20.3 Å². The number of anilines is 2. The molecule has 1 aliphatic rings. The molecule has 5 heteroatoms. The van der Waals surface area contributed by atoms with E-state index in [9.17, 15) is 9.90 Å². The first kappa shape index (κ1) is 14.7. The van der Waals surface area contributed by atoms with Crippen molar-refractivity contribution in [3.63, 3.8) is 0 Å². The van der Waals surface area contributed by atoms with Crippen LogP contribution in [0.5, 0.6) is 0 Å². The maximum absolute atomic E-state index is 12.2. The standard InChI is InChI=1S/C17H21N3O2/c21-12-13-7-10-20(11-8-13)16-6-2-1-4-14(16)19-17(22)15-5-3-9-18-15/h1-6,9,13,18,21H,7-8,10-12H2,(H,19,22). The van der Waals surface area contributed by atoms with Crippen LogP contribution < -0.4 is 10.2 Å². The third-order valence-corrected chi connectivity index (χ3v) is 4.21. The van der Waals surface area contributed by atoms with Crippen molar-refractivity contribution in [2.45, 2.75) is 12.8 Å². The number of benzene rings is 1. The molecule has 3 rings (SSSR count). The minimum atomic E-state index is -0.136. The average molecular weight is 299 g/mol. The average Bonchev–Trinajstić information content (AvgIpc) is 3.10. The van der Waals surface area contributed by atoms with Crippen molar-refractivity contribution >= 4 is 17.3 Å². The van der Waals surface area contributed by atoms with Crippen LogP contribution in [0.4, 0.5) is 11.4 Å². The monoisotopic (exact) mass is 299 g/mol. The van der Waals surface area contributed by atoms with E-state index >= 15 is 0 Å². The summed E-state index contributed by atoms with van der Waals surface area (Å²) in [5.74, 6) is 0.264. The normalized spacial score (nSPS) is 15.8. The topological polar surface area (TPSA) is 68.4 Å². The molecule has 3 N–H and O–H groups in total. The number of carbonyl (C=O) groups excluding carboxylic acids is 1. The number of nitrogens with zero attached hydrogens (tertiary/aromatic N) is 1. The Morgan fingerprint density at radius 3 is 2.68 bits per heavy atom. The fraction of sp³-hybridized carbons (Fsp3) is 0.353. The molecule has 1 amide bonds. The highest BCUT2D eigenvalue weighted by Crippen LogP contribution is 2.29. The highest BCUT2D eigenvalue weighted by Gasteiger charge is 2.21. The molecule has 22 heavy (non-hydrogen) atoms. The van der Waals surface area contributed by atoms with Crippen LogP contribution in [0.3, 0.4) is 0 Å². The van der Waals surface area contributed by atoms with Gasteiger partial charge in [0.15, 0.2) is 0 Å². The molecular formula is C17H21N3O2. The maximum atomic E-state index is 12.2. The zero-order valence-electron chi connectivity index (χ0n) is 12.5. The number of aromatic amines is 1. The van der Waals surface area contributed by atoms with Gasteiger partial charge in [-0.15, -0.1) is 0 Å². The lowest BCUT2D eigenvalue weighted by molar-refractivity contribution is 0.102. The smallest absolute Gasteiger partial charge is 0.272 e. The lowest BCUT2D eigenvalue weighted by Crippen LogP contribution is -2.35. The van der Waals surface area contributed by atoms with E-state index < -0.39 is 0 Å². The van der Waals surface area contributed by atoms with Crippen LogP contribution in [0, 0.1) is 5.92 Å². The van der Waals surface area contributed by atoms with Crippen molar-refractivity contribution in [3.05, 3.63) is 48.3 Å². The van der Waals surface area contributed by atoms with Gasteiger partial charge in [0, 0.05) is 25.9 Å². The predicted octanol–water partition coefficient (Wildman–Crippen LogP) is 2.48. The number of rotatable bonds is 4. The Balaban J connectivity index is 1.74. The Morgan fingerprint density at radius 1 is 1.23 bits per heavy atom. The second-order valence-corrected chi connectivity index (χ2v) is 5.67. The van der Waals surface area contributed by atoms with Gasteiger partial charge in [-0.3, -0.25) is 4.79 Å². The lowest BCUT2D eigenvalue weighted by atomic mass is 9.97. The van der Waals surface area contributed by atoms with E-state index in [1.54, 1.807) is 18.3 Å². The fourth-order valence-corrected chi connectivity index (χ4v) is 2.87. The number of piperidine rings is 1. The Morgan fingerprint density at radius 2 is 2.00 bits per heavy atom. The second kappa shape index (κ2) is 6.66. The molecule has 1 aliphatic heterocycles. The van der Waals surface area contributed by atoms with Crippen LogP contribution in [0.2, 0.25) is 0 Å². The summed E-state index contributed by atoms with van der Waals surface area (Å²) in [6, 6.07) is 11.4. The summed E-state index contributed by atoms with van der Waals surface area (Å²) in [6.07, 6.45) is 3.70. The van der Waals surface area contributed by atoms with Crippen molar-refractivity contribution in [3.8, 4) is 0 Å². The third kappa shape index (κ3) is 3.14. The molecule has 5 nitrogen and oxygen atoms in total. The van der Waals surface area contributed by atoms with Gasteiger partial charge in [0.2, 0.25) is 0 Å². The van der Waals surface area contributed by atoms with Gasteiger partial charge in [-0.25, -0.2) is 0 Å². The number of carbonyl (C=O) groups is 1. The van der Waals surface area contributed by atoms with Gasteiger partial charge in [0.1, 0.15) is 5.69 Å². The number of hydrogen-bond donors (Lipinski definition) is 3. The number of H-pyrrole nitrogens is 1. The molecule has 0 radical (unpaired) electrons. The minimum absolute atomic E-state index is 0.136. The number of aliphatic hydroxyl groups excluding tert-OH is 1.